The molecule has 2 heterocycles. The fraction of sp³-hybridized carbons (Fsp3) is 0.769. The van der Waals surface area contributed by atoms with Gasteiger partial charge in [-0.2, -0.15) is 14.7 Å². The Hall–Kier alpha value is -1.71. The van der Waals surface area contributed by atoms with Crippen molar-refractivity contribution in [1.29, 1.82) is 0 Å². The molecule has 4 N–H and O–H groups in total. The van der Waals surface area contributed by atoms with Crippen LogP contribution in [0.15, 0.2) is 27.1 Å². The Morgan fingerprint density at radius 2 is 1.65 bits per heavy atom. The summed E-state index contributed by atoms with van der Waals surface area (Å²) in [6.45, 7) is 2.82. The second-order valence-corrected chi connectivity index (χ2v) is 11.4. The number of aliphatic imine (C=N–C) groups is 3. The molecule has 37 heavy (non-hydrogen) atoms. The van der Waals surface area contributed by atoms with Crippen LogP contribution in [0.25, 0.3) is 0 Å². The summed E-state index contributed by atoms with van der Waals surface area (Å²) in [4.78, 5) is 54.1. The molecule has 2 atom stereocenters. The highest BCUT2D eigenvalue weighted by Gasteiger charge is 2.36. The van der Waals surface area contributed by atoms with E-state index in [9.17, 15) is 4.79 Å². The van der Waals surface area contributed by atoms with Gasteiger partial charge >= 0.3 is 7.94 Å². The van der Waals surface area contributed by atoms with Gasteiger partial charge < -0.3 is 15.0 Å². The normalized spacial score (nSPS) is 19.0. The van der Waals surface area contributed by atoms with Crippen LogP contribution in [0.1, 0.15) is 96.8 Å². The van der Waals surface area contributed by atoms with Crippen molar-refractivity contribution in [3.8, 4) is 0 Å². The number of allylic oxidation sites excluding steroid dienone is 2. The molecule has 0 radical (unpaired) electrons. The Kier molecular flexibility index (Phi) is 15.8. The third-order valence-electron chi connectivity index (χ3n) is 6.39. The van der Waals surface area contributed by atoms with Crippen LogP contribution in [0.2, 0.25) is 0 Å². The molecule has 2 aliphatic rings. The largest absolute Gasteiger partial charge is 0.431 e. The lowest BCUT2D eigenvalue weighted by Gasteiger charge is -2.27. The molecule has 0 fully saturated rings. The summed E-state index contributed by atoms with van der Waals surface area (Å²) >= 11 is 0. The van der Waals surface area contributed by atoms with E-state index < -0.39 is 14.3 Å². The highest BCUT2D eigenvalue weighted by atomic mass is 31.2. The Morgan fingerprint density at radius 3 is 2.32 bits per heavy atom. The van der Waals surface area contributed by atoms with Crippen molar-refractivity contribution in [3.63, 3.8) is 0 Å². The maximum absolute atomic E-state index is 12.4. The van der Waals surface area contributed by atoms with Crippen LogP contribution in [0, 0.1) is 0 Å². The van der Waals surface area contributed by atoms with Gasteiger partial charge in [0.05, 0.1) is 12.9 Å². The first-order chi connectivity index (χ1) is 17.9. The van der Waals surface area contributed by atoms with E-state index in [0.717, 1.165) is 25.7 Å². The van der Waals surface area contributed by atoms with E-state index in [2.05, 4.69) is 39.4 Å². The topological polar surface area (TPSA) is 139 Å². The van der Waals surface area contributed by atoms with Gasteiger partial charge in [0.15, 0.2) is 6.17 Å². The molecule has 0 aromatic carbocycles. The number of carbonyl (C=O) groups excluding carboxylic acids is 1. The van der Waals surface area contributed by atoms with Crippen LogP contribution in [0.4, 0.5) is 0 Å². The van der Waals surface area contributed by atoms with Crippen molar-refractivity contribution in [2.45, 2.75) is 109 Å². The van der Waals surface area contributed by atoms with E-state index in [4.69, 9.17) is 19.4 Å². The number of nitrogens with zero attached hydrogens (tertiary/aromatic N) is 4. The molecule has 11 heteroatoms. The number of fused-ring (bicyclic) bond motifs is 1. The number of amides is 1. The maximum Gasteiger partial charge on any atom is 0.431 e. The van der Waals surface area contributed by atoms with E-state index in [0.29, 0.717) is 18.8 Å². The zero-order valence-electron chi connectivity index (χ0n) is 22.4. The van der Waals surface area contributed by atoms with E-state index in [1.165, 1.54) is 64.1 Å². The Balaban J connectivity index is 1.49. The third-order valence-corrected chi connectivity index (χ3v) is 6.91. The number of carbonyl (C=O) groups is 1. The molecule has 0 spiro atoms. The first kappa shape index (κ1) is 31.5. The standard InChI is InChI=1S/C26H46N5O5P/c1-2-3-4-5-6-7-8-9-10-11-12-13-14-15-16-17-23(32)30-25-24-26(28-20-27-25)31(21-29-24)18-19-36-22-37(33,34)35/h9-10,20-21,24,26,33-35H,2-8,11-19,22H2,1H3/p+1/b10-9-. The molecule has 0 saturated heterocycles. The fourth-order valence-corrected chi connectivity index (χ4v) is 4.69. The number of hydrogen-bond donors (Lipinski definition) is 4. The van der Waals surface area contributed by atoms with Gasteiger partial charge in [-0.1, -0.05) is 70.4 Å². The van der Waals surface area contributed by atoms with Crippen LogP contribution in [-0.4, -0.2) is 75.7 Å². The molecule has 2 rings (SSSR count). The predicted molar refractivity (Wildman–Crippen MR) is 151 cm³/mol. The van der Waals surface area contributed by atoms with Crippen LogP contribution in [0.5, 0.6) is 0 Å². The fourth-order valence-electron chi connectivity index (χ4n) is 4.32. The van der Waals surface area contributed by atoms with Gasteiger partial charge in [0.25, 0.3) is 0 Å². The average Bonchev–Trinajstić information content (AvgIpc) is 3.28. The molecule has 0 aliphatic carbocycles. The molecule has 0 bridgehead atoms. The minimum Gasteiger partial charge on any atom is -0.338 e. The van der Waals surface area contributed by atoms with Gasteiger partial charge in [0.2, 0.25) is 12.3 Å². The molecular formula is C26H47N5O5P+. The molecule has 0 aromatic heterocycles. The second-order valence-electron chi connectivity index (χ2n) is 9.75. The van der Waals surface area contributed by atoms with Gasteiger partial charge in [0.1, 0.15) is 18.2 Å². The summed E-state index contributed by atoms with van der Waals surface area (Å²) in [7, 11) is -3.93. The van der Waals surface area contributed by atoms with E-state index in [1.807, 2.05) is 4.90 Å². The van der Waals surface area contributed by atoms with Gasteiger partial charge in [-0.15, -0.1) is 0 Å². The minimum atomic E-state index is -3.93. The van der Waals surface area contributed by atoms with Gasteiger partial charge in [-0.05, 0) is 32.1 Å². The van der Waals surface area contributed by atoms with E-state index in [1.54, 1.807) is 6.34 Å². The summed E-state index contributed by atoms with van der Waals surface area (Å²) in [6.07, 6.45) is 23.2. The highest BCUT2D eigenvalue weighted by Crippen LogP contribution is 2.43. The summed E-state index contributed by atoms with van der Waals surface area (Å²) < 4.78 is 5.09. The second kappa shape index (κ2) is 18.5. The third kappa shape index (κ3) is 14.1. The lowest BCUT2D eigenvalue weighted by Crippen LogP contribution is -2.48. The van der Waals surface area contributed by atoms with Crippen molar-refractivity contribution in [2.24, 2.45) is 15.0 Å². The number of amidine groups is 1. The van der Waals surface area contributed by atoms with Crippen LogP contribution >= 0.6 is 7.94 Å². The molecular weight excluding hydrogens is 493 g/mol. The van der Waals surface area contributed by atoms with Crippen LogP contribution in [-0.2, 0) is 9.53 Å². The van der Waals surface area contributed by atoms with Gasteiger partial charge in [-0.3, -0.25) is 9.79 Å². The van der Waals surface area contributed by atoms with Crippen molar-refractivity contribution in [3.05, 3.63) is 12.2 Å². The molecule has 0 aromatic rings. The zero-order chi connectivity index (χ0) is 26.8. The lowest BCUT2D eigenvalue weighted by atomic mass is 10.1. The smallest absolute Gasteiger partial charge is 0.338 e. The van der Waals surface area contributed by atoms with E-state index >= 15 is 0 Å². The van der Waals surface area contributed by atoms with Crippen molar-refractivity contribution >= 4 is 32.4 Å². The van der Waals surface area contributed by atoms with E-state index in [-0.39, 0.29) is 24.7 Å². The Bertz CT molecular complexity index is 769. The first-order valence-corrected chi connectivity index (χ1v) is 15.7. The highest BCUT2D eigenvalue weighted by molar-refractivity contribution is 7.58. The zero-order valence-corrected chi connectivity index (χ0v) is 23.3. The number of hydrogen-bond acceptors (Lipinski definition) is 9. The average molecular weight is 541 g/mol. The van der Waals surface area contributed by atoms with Crippen molar-refractivity contribution in [2.75, 3.05) is 19.5 Å². The Labute approximate surface area is 222 Å². The summed E-state index contributed by atoms with van der Waals surface area (Å²) in [6, 6.07) is -0.386. The van der Waals surface area contributed by atoms with Gasteiger partial charge in [0, 0.05) is 13.0 Å². The first-order valence-electron chi connectivity index (χ1n) is 13.9. The molecule has 2 unspecified atom stereocenters. The number of nitrogens with one attached hydrogen (secondary N) is 1. The molecule has 210 valence electrons. The molecule has 10 nitrogen and oxygen atoms in total. The number of rotatable bonds is 20. The maximum atomic E-state index is 12.4. The van der Waals surface area contributed by atoms with Crippen molar-refractivity contribution in [1.82, 2.24) is 10.2 Å². The predicted octanol–water partition coefficient (Wildman–Crippen LogP) is 4.33. The molecule has 1 amide bonds. The molecule has 0 saturated carbocycles. The molecule has 2 aliphatic heterocycles. The lowest BCUT2D eigenvalue weighted by molar-refractivity contribution is -0.119. The SMILES string of the molecule is CCCCCCCC/C=C\CCCCCCCC(=O)NC1=NC=NC2C1N=CN2CCOC[P+](O)(O)O. The van der Waals surface area contributed by atoms with Crippen LogP contribution in [0.3, 0.4) is 0 Å². The minimum absolute atomic E-state index is 0.0587. The number of ether oxygens (including phenoxy) is 1. The van der Waals surface area contributed by atoms with Crippen molar-refractivity contribution < 1.29 is 24.2 Å². The van der Waals surface area contributed by atoms with Gasteiger partial charge in [-0.25, -0.2) is 9.98 Å². The Morgan fingerprint density at radius 1 is 1.00 bits per heavy atom. The number of unbranched alkanes of at least 4 members (excludes halogenated alkanes) is 11. The monoisotopic (exact) mass is 540 g/mol. The summed E-state index contributed by atoms with van der Waals surface area (Å²) in [5.41, 5.74) is 0. The quantitative estimate of drug-likeness (QED) is 0.103. The summed E-state index contributed by atoms with van der Waals surface area (Å²) in [5.74, 6) is 0.431. The van der Waals surface area contributed by atoms with Crippen LogP contribution < -0.4 is 5.32 Å². The summed E-state index contributed by atoms with van der Waals surface area (Å²) in [5, 5.41) is 2.89.